The molecule has 0 amide bonds. The number of ketones is 1. The predicted molar refractivity (Wildman–Crippen MR) is 107 cm³/mol. The maximum Gasteiger partial charge on any atom is 0.197 e. The van der Waals surface area contributed by atoms with Crippen LogP contribution < -0.4 is 0 Å². The summed E-state index contributed by atoms with van der Waals surface area (Å²) in [4.78, 5) is 12.7. The first kappa shape index (κ1) is 18.8. The largest absolute Gasteiger partial charge is 0.453 e. The van der Waals surface area contributed by atoms with Crippen LogP contribution in [0.2, 0.25) is 32.2 Å². The van der Waals surface area contributed by atoms with Gasteiger partial charge in [0.1, 0.15) is 0 Å². The summed E-state index contributed by atoms with van der Waals surface area (Å²) in [7, 11) is -3.55. The Balaban J connectivity index is 2.10. The smallest absolute Gasteiger partial charge is 0.197 e. The van der Waals surface area contributed by atoms with Gasteiger partial charge >= 0.3 is 0 Å². The fraction of sp³-hybridized carbons (Fsp3) is 0.350. The minimum absolute atomic E-state index is 0.111. The third-order valence-corrected chi connectivity index (χ3v) is 11.1. The normalized spacial score (nSPS) is 15.0. The highest BCUT2D eigenvalue weighted by Crippen LogP contribution is 2.24. The molecule has 0 heterocycles. The summed E-state index contributed by atoms with van der Waals surface area (Å²) in [5, 5.41) is 0. The van der Waals surface area contributed by atoms with Gasteiger partial charge in [-0.25, -0.2) is 0 Å². The average Bonchev–Trinajstić information content (AvgIpc) is 3.06. The molecule has 0 bridgehead atoms. The van der Waals surface area contributed by atoms with Crippen molar-refractivity contribution in [3.8, 4) is 0 Å². The number of hydrogen-bond donors (Lipinski definition) is 0. The van der Waals surface area contributed by atoms with Gasteiger partial charge in [0.25, 0.3) is 0 Å². The van der Waals surface area contributed by atoms with Crippen LogP contribution in [0.1, 0.15) is 15.9 Å². The molecular formula is C20H28O2Si2. The van der Waals surface area contributed by atoms with Gasteiger partial charge in [0.05, 0.1) is 5.92 Å². The first-order valence-corrected chi connectivity index (χ1v) is 14.7. The van der Waals surface area contributed by atoms with Gasteiger partial charge in [0, 0.05) is 5.56 Å². The van der Waals surface area contributed by atoms with Crippen molar-refractivity contribution in [1.29, 1.82) is 0 Å². The molecule has 1 aliphatic carbocycles. The van der Waals surface area contributed by atoms with E-state index in [1.54, 1.807) is 0 Å². The van der Waals surface area contributed by atoms with Crippen LogP contribution in [0.25, 0.3) is 0 Å². The van der Waals surface area contributed by atoms with E-state index in [2.05, 4.69) is 38.8 Å². The minimum atomic E-state index is -1.78. The summed E-state index contributed by atoms with van der Waals surface area (Å²) in [6.45, 7) is 12.8. The number of benzene rings is 1. The fourth-order valence-corrected chi connectivity index (χ4v) is 10.3. The van der Waals surface area contributed by atoms with Gasteiger partial charge < -0.3 is 4.12 Å². The lowest BCUT2D eigenvalue weighted by molar-refractivity contribution is 0.0965. The first-order chi connectivity index (χ1) is 11.2. The van der Waals surface area contributed by atoms with Crippen LogP contribution >= 0.6 is 0 Å². The van der Waals surface area contributed by atoms with E-state index in [1.165, 1.54) is 0 Å². The minimum Gasteiger partial charge on any atom is -0.453 e. The van der Waals surface area contributed by atoms with Crippen LogP contribution in [-0.2, 0) is 10.5 Å². The summed E-state index contributed by atoms with van der Waals surface area (Å²) in [5.41, 5.74) is 3.99. The highest BCUT2D eigenvalue weighted by molar-refractivity contribution is 6.87. The SMILES string of the molecule is C=C[Si](C)(C)O[Si](C)(C)CCc1ccccc1C(=O)C1C=CC=C1. The van der Waals surface area contributed by atoms with Crippen LogP contribution in [0.4, 0.5) is 0 Å². The molecule has 2 rings (SSSR count). The van der Waals surface area contributed by atoms with E-state index in [4.69, 9.17) is 4.12 Å². The Hall–Kier alpha value is -1.50. The van der Waals surface area contributed by atoms with E-state index in [1.807, 2.05) is 48.2 Å². The molecule has 1 aliphatic rings. The maximum absolute atomic E-state index is 12.7. The molecule has 0 unspecified atom stereocenters. The van der Waals surface area contributed by atoms with Gasteiger partial charge in [-0.05, 0) is 44.2 Å². The number of hydrogen-bond acceptors (Lipinski definition) is 2. The average molecular weight is 357 g/mol. The maximum atomic E-state index is 12.7. The monoisotopic (exact) mass is 356 g/mol. The lowest BCUT2D eigenvalue weighted by Gasteiger charge is -2.32. The van der Waals surface area contributed by atoms with Crippen molar-refractivity contribution >= 4 is 22.4 Å². The van der Waals surface area contributed by atoms with Crippen LogP contribution in [0.15, 0.2) is 60.8 Å². The quantitative estimate of drug-likeness (QED) is 0.466. The fourth-order valence-electron chi connectivity index (χ4n) is 3.01. The highest BCUT2D eigenvalue weighted by atomic mass is 28.4. The second-order valence-corrected chi connectivity index (χ2v) is 15.9. The molecule has 24 heavy (non-hydrogen) atoms. The summed E-state index contributed by atoms with van der Waals surface area (Å²) < 4.78 is 6.45. The topological polar surface area (TPSA) is 26.3 Å². The Bertz CT molecular complexity index is 660. The van der Waals surface area contributed by atoms with Crippen molar-refractivity contribution in [3.63, 3.8) is 0 Å². The molecule has 0 aliphatic heterocycles. The molecule has 1 aromatic rings. The Labute approximate surface area is 148 Å². The molecule has 0 saturated heterocycles. The molecule has 0 spiro atoms. The van der Waals surface area contributed by atoms with E-state index < -0.39 is 16.6 Å². The lowest BCUT2D eigenvalue weighted by Crippen LogP contribution is -2.43. The van der Waals surface area contributed by atoms with Gasteiger partial charge in [-0.3, -0.25) is 4.79 Å². The molecule has 1 aromatic carbocycles. The van der Waals surface area contributed by atoms with Gasteiger partial charge in [0.15, 0.2) is 22.4 Å². The number of allylic oxidation sites excluding steroid dienone is 4. The summed E-state index contributed by atoms with van der Waals surface area (Å²) >= 11 is 0. The van der Waals surface area contributed by atoms with Crippen LogP contribution in [0, 0.1) is 5.92 Å². The van der Waals surface area contributed by atoms with Gasteiger partial charge in [-0.2, -0.15) is 0 Å². The molecule has 2 nitrogen and oxygen atoms in total. The molecule has 0 atom stereocenters. The van der Waals surface area contributed by atoms with E-state index in [0.29, 0.717) is 0 Å². The van der Waals surface area contributed by atoms with Crippen molar-refractivity contribution in [1.82, 2.24) is 0 Å². The summed E-state index contributed by atoms with van der Waals surface area (Å²) in [6, 6.07) is 9.01. The molecule has 0 radical (unpaired) electrons. The molecule has 0 aromatic heterocycles. The predicted octanol–water partition coefficient (Wildman–Crippen LogP) is 5.31. The zero-order valence-electron chi connectivity index (χ0n) is 15.2. The van der Waals surface area contributed by atoms with Crippen LogP contribution in [0.3, 0.4) is 0 Å². The Morgan fingerprint density at radius 1 is 1.17 bits per heavy atom. The third-order valence-electron chi connectivity index (χ3n) is 4.36. The van der Waals surface area contributed by atoms with E-state index in [9.17, 15) is 4.79 Å². The molecule has 128 valence electrons. The highest BCUT2D eigenvalue weighted by Gasteiger charge is 2.31. The first-order valence-electron chi connectivity index (χ1n) is 8.55. The van der Waals surface area contributed by atoms with Crippen LogP contribution in [0.5, 0.6) is 0 Å². The second-order valence-electron chi connectivity index (χ2n) is 7.49. The lowest BCUT2D eigenvalue weighted by atomic mass is 9.94. The molecule has 0 N–H and O–H groups in total. The third kappa shape index (κ3) is 5.00. The standard InChI is InChI=1S/C20H28O2Si2/c1-6-23(2,3)22-24(4,5)16-15-17-11-9-10-14-19(17)20(21)18-12-7-8-13-18/h6-14,18H,1,15-16H2,2-5H3. The second kappa shape index (κ2) is 7.59. The zero-order valence-corrected chi connectivity index (χ0v) is 17.2. The van der Waals surface area contributed by atoms with E-state index in [-0.39, 0.29) is 11.7 Å². The summed E-state index contributed by atoms with van der Waals surface area (Å²) in [6.07, 6.45) is 8.69. The molecular weight excluding hydrogens is 328 g/mol. The number of rotatable bonds is 8. The molecule has 4 heteroatoms. The van der Waals surface area contributed by atoms with Crippen molar-refractivity contribution < 1.29 is 8.91 Å². The van der Waals surface area contributed by atoms with Gasteiger partial charge in [-0.1, -0.05) is 54.3 Å². The van der Waals surface area contributed by atoms with Gasteiger partial charge in [-0.15, -0.1) is 6.58 Å². The van der Waals surface area contributed by atoms with Crippen molar-refractivity contribution in [2.75, 3.05) is 0 Å². The Kier molecular flexibility index (Phi) is 5.96. The van der Waals surface area contributed by atoms with Gasteiger partial charge in [0.2, 0.25) is 0 Å². The number of Topliss-reactive ketones (excluding diaryl/α,β-unsaturated/α-hetero) is 1. The summed E-state index contributed by atoms with van der Waals surface area (Å²) in [5.74, 6) is 0.0801. The van der Waals surface area contributed by atoms with Crippen LogP contribution in [-0.4, -0.2) is 22.4 Å². The van der Waals surface area contributed by atoms with Crippen molar-refractivity contribution in [2.45, 2.75) is 38.7 Å². The Morgan fingerprint density at radius 3 is 2.42 bits per heavy atom. The number of carbonyl (C=O) groups excluding carboxylic acids is 1. The zero-order chi connectivity index (χ0) is 17.8. The van der Waals surface area contributed by atoms with E-state index >= 15 is 0 Å². The number of carbonyl (C=O) groups is 1. The van der Waals surface area contributed by atoms with Crippen molar-refractivity contribution in [3.05, 3.63) is 72.0 Å². The number of aryl methyl sites for hydroxylation is 1. The van der Waals surface area contributed by atoms with E-state index in [0.717, 1.165) is 23.6 Å². The molecule has 0 fully saturated rings. The Morgan fingerprint density at radius 2 is 1.79 bits per heavy atom. The molecule has 0 saturated carbocycles. The van der Waals surface area contributed by atoms with Crippen molar-refractivity contribution in [2.24, 2.45) is 5.92 Å².